The second kappa shape index (κ2) is 5.84. The van der Waals surface area contributed by atoms with E-state index in [1.165, 1.54) is 5.01 Å². The summed E-state index contributed by atoms with van der Waals surface area (Å²) in [6.07, 6.45) is 5.64. The molecule has 0 amide bonds. The molecule has 0 fully saturated rings. The number of thiazole rings is 1. The standard InChI is InChI=1S/C14H22N4S/c1-11(8-18-6-5-15-10-18)16-7-12-9-19-13(17-12)14(2,3)4/h5-6,9-11,16H,7-8H2,1-4H3. The van der Waals surface area contributed by atoms with Crippen LogP contribution in [0.15, 0.2) is 24.1 Å². The minimum atomic E-state index is 0.144. The van der Waals surface area contributed by atoms with Crippen molar-refractivity contribution in [2.45, 2.75) is 52.2 Å². The van der Waals surface area contributed by atoms with Crippen molar-refractivity contribution in [3.63, 3.8) is 0 Å². The van der Waals surface area contributed by atoms with E-state index in [-0.39, 0.29) is 5.41 Å². The number of nitrogens with zero attached hydrogens (tertiary/aromatic N) is 3. The van der Waals surface area contributed by atoms with Gasteiger partial charge in [-0.1, -0.05) is 20.8 Å². The second-order valence-corrected chi connectivity index (χ2v) is 6.79. The van der Waals surface area contributed by atoms with Crippen LogP contribution in [-0.4, -0.2) is 20.6 Å². The van der Waals surface area contributed by atoms with Crippen molar-refractivity contribution in [1.82, 2.24) is 19.9 Å². The van der Waals surface area contributed by atoms with Crippen molar-refractivity contribution in [3.8, 4) is 0 Å². The molecular weight excluding hydrogens is 256 g/mol. The van der Waals surface area contributed by atoms with Crippen LogP contribution < -0.4 is 5.32 Å². The van der Waals surface area contributed by atoms with E-state index in [9.17, 15) is 0 Å². The molecule has 0 aromatic carbocycles. The maximum atomic E-state index is 4.69. The summed E-state index contributed by atoms with van der Waals surface area (Å²) in [6.45, 7) is 10.5. The van der Waals surface area contributed by atoms with Gasteiger partial charge in [0, 0.05) is 42.3 Å². The molecule has 2 aromatic rings. The van der Waals surface area contributed by atoms with Crippen LogP contribution in [0.1, 0.15) is 38.4 Å². The Balaban J connectivity index is 1.83. The predicted octanol–water partition coefficient (Wildman–Crippen LogP) is 2.82. The topological polar surface area (TPSA) is 42.7 Å². The minimum Gasteiger partial charge on any atom is -0.336 e. The number of rotatable bonds is 5. The van der Waals surface area contributed by atoms with Gasteiger partial charge in [0.15, 0.2) is 0 Å². The summed E-state index contributed by atoms with van der Waals surface area (Å²) in [4.78, 5) is 8.74. The number of aromatic nitrogens is 3. The van der Waals surface area contributed by atoms with Crippen molar-refractivity contribution >= 4 is 11.3 Å². The number of hydrogen-bond donors (Lipinski definition) is 1. The summed E-state index contributed by atoms with van der Waals surface area (Å²) in [5.74, 6) is 0. The zero-order chi connectivity index (χ0) is 13.9. The molecule has 2 rings (SSSR count). The van der Waals surface area contributed by atoms with Gasteiger partial charge in [0.2, 0.25) is 0 Å². The smallest absolute Gasteiger partial charge is 0.0982 e. The highest BCUT2D eigenvalue weighted by Gasteiger charge is 2.17. The van der Waals surface area contributed by atoms with Crippen molar-refractivity contribution in [2.75, 3.05) is 0 Å². The maximum Gasteiger partial charge on any atom is 0.0982 e. The zero-order valence-corrected chi connectivity index (χ0v) is 12.9. The Labute approximate surface area is 118 Å². The number of imidazole rings is 1. The molecule has 104 valence electrons. The molecule has 19 heavy (non-hydrogen) atoms. The van der Waals surface area contributed by atoms with Crippen LogP contribution in [0.25, 0.3) is 0 Å². The Bertz CT molecular complexity index is 496. The first kappa shape index (κ1) is 14.2. The molecule has 2 heterocycles. The van der Waals surface area contributed by atoms with Crippen LogP contribution in [0.3, 0.4) is 0 Å². The normalized spacial score (nSPS) is 13.7. The van der Waals surface area contributed by atoms with E-state index < -0.39 is 0 Å². The Morgan fingerprint density at radius 2 is 2.21 bits per heavy atom. The summed E-state index contributed by atoms with van der Waals surface area (Å²) >= 11 is 1.75. The molecule has 0 spiro atoms. The van der Waals surface area contributed by atoms with Crippen LogP contribution in [0, 0.1) is 0 Å². The third-order valence-corrected chi connectivity index (χ3v) is 4.19. The van der Waals surface area contributed by atoms with Crippen molar-refractivity contribution in [1.29, 1.82) is 0 Å². The fourth-order valence-corrected chi connectivity index (χ4v) is 2.69. The maximum absolute atomic E-state index is 4.69. The molecule has 1 N–H and O–H groups in total. The summed E-state index contributed by atoms with van der Waals surface area (Å²) in [5, 5.41) is 6.85. The van der Waals surface area contributed by atoms with E-state index in [0.717, 1.165) is 18.8 Å². The first-order chi connectivity index (χ1) is 8.95. The van der Waals surface area contributed by atoms with Gasteiger partial charge in [-0.15, -0.1) is 11.3 Å². The third-order valence-electron chi connectivity index (χ3n) is 2.87. The van der Waals surface area contributed by atoms with E-state index in [1.807, 2.05) is 18.7 Å². The molecule has 0 saturated heterocycles. The quantitative estimate of drug-likeness (QED) is 0.914. The van der Waals surface area contributed by atoms with Gasteiger partial charge in [-0.2, -0.15) is 0 Å². The highest BCUT2D eigenvalue weighted by molar-refractivity contribution is 7.09. The Kier molecular flexibility index (Phi) is 4.37. The van der Waals surface area contributed by atoms with Gasteiger partial charge in [0.1, 0.15) is 0 Å². The molecular formula is C14H22N4S. The molecule has 4 nitrogen and oxygen atoms in total. The highest BCUT2D eigenvalue weighted by atomic mass is 32.1. The van der Waals surface area contributed by atoms with Gasteiger partial charge in [-0.25, -0.2) is 9.97 Å². The average molecular weight is 278 g/mol. The van der Waals surface area contributed by atoms with Gasteiger partial charge in [-0.05, 0) is 6.92 Å². The fraction of sp³-hybridized carbons (Fsp3) is 0.571. The van der Waals surface area contributed by atoms with Gasteiger partial charge < -0.3 is 9.88 Å². The van der Waals surface area contributed by atoms with Gasteiger partial charge in [0.05, 0.1) is 17.0 Å². The largest absolute Gasteiger partial charge is 0.336 e. The van der Waals surface area contributed by atoms with Crippen molar-refractivity contribution in [2.24, 2.45) is 0 Å². The lowest BCUT2D eigenvalue weighted by Gasteiger charge is -2.14. The molecule has 2 aromatic heterocycles. The van der Waals surface area contributed by atoms with E-state index in [0.29, 0.717) is 6.04 Å². The molecule has 0 aliphatic heterocycles. The van der Waals surface area contributed by atoms with Gasteiger partial charge >= 0.3 is 0 Å². The molecule has 1 atom stereocenters. The van der Waals surface area contributed by atoms with Gasteiger partial charge in [-0.3, -0.25) is 0 Å². The van der Waals surface area contributed by atoms with E-state index >= 15 is 0 Å². The average Bonchev–Trinajstić information content (AvgIpc) is 2.95. The lowest BCUT2D eigenvalue weighted by Crippen LogP contribution is -2.29. The Morgan fingerprint density at radius 1 is 1.42 bits per heavy atom. The molecule has 0 radical (unpaired) electrons. The minimum absolute atomic E-state index is 0.144. The molecule has 5 heteroatoms. The lowest BCUT2D eigenvalue weighted by molar-refractivity contribution is 0.472. The Morgan fingerprint density at radius 3 is 2.79 bits per heavy atom. The van der Waals surface area contributed by atoms with E-state index in [1.54, 1.807) is 11.3 Å². The molecule has 0 aliphatic carbocycles. The van der Waals surface area contributed by atoms with Crippen LogP contribution in [0.4, 0.5) is 0 Å². The van der Waals surface area contributed by atoms with Crippen molar-refractivity contribution < 1.29 is 0 Å². The predicted molar refractivity (Wildman–Crippen MR) is 79.3 cm³/mol. The molecule has 1 unspecified atom stereocenters. The Hall–Kier alpha value is -1.20. The molecule has 0 bridgehead atoms. The van der Waals surface area contributed by atoms with E-state index in [2.05, 4.69) is 52.9 Å². The van der Waals surface area contributed by atoms with Crippen LogP contribution in [0.5, 0.6) is 0 Å². The van der Waals surface area contributed by atoms with Crippen LogP contribution in [0.2, 0.25) is 0 Å². The molecule has 0 aliphatic rings. The third kappa shape index (κ3) is 4.14. The second-order valence-electron chi connectivity index (χ2n) is 5.94. The fourth-order valence-electron chi connectivity index (χ4n) is 1.79. The molecule has 0 saturated carbocycles. The van der Waals surface area contributed by atoms with Crippen molar-refractivity contribution in [3.05, 3.63) is 34.8 Å². The number of hydrogen-bond acceptors (Lipinski definition) is 4. The van der Waals surface area contributed by atoms with E-state index in [4.69, 9.17) is 0 Å². The summed E-state index contributed by atoms with van der Waals surface area (Å²) in [5.41, 5.74) is 1.28. The first-order valence-corrected chi connectivity index (χ1v) is 7.47. The van der Waals surface area contributed by atoms with Crippen LogP contribution in [-0.2, 0) is 18.5 Å². The summed E-state index contributed by atoms with van der Waals surface area (Å²) in [6, 6.07) is 0.397. The van der Waals surface area contributed by atoms with Crippen LogP contribution >= 0.6 is 11.3 Å². The number of nitrogens with one attached hydrogen (secondary N) is 1. The summed E-state index contributed by atoms with van der Waals surface area (Å²) in [7, 11) is 0. The first-order valence-electron chi connectivity index (χ1n) is 6.59. The zero-order valence-electron chi connectivity index (χ0n) is 12.1. The SMILES string of the molecule is CC(Cn1ccnc1)NCc1csc(C(C)(C)C)n1. The highest BCUT2D eigenvalue weighted by Crippen LogP contribution is 2.25. The van der Waals surface area contributed by atoms with Gasteiger partial charge in [0.25, 0.3) is 0 Å². The monoisotopic (exact) mass is 278 g/mol. The summed E-state index contributed by atoms with van der Waals surface area (Å²) < 4.78 is 2.08. The lowest BCUT2D eigenvalue weighted by atomic mass is 9.98.